The van der Waals surface area contributed by atoms with Gasteiger partial charge in [-0.05, 0) is 65.4 Å². The quantitative estimate of drug-likeness (QED) is 0.737. The lowest BCUT2D eigenvalue weighted by Crippen LogP contribution is -2.25. The van der Waals surface area contributed by atoms with Crippen LogP contribution in [0.1, 0.15) is 30.5 Å². The van der Waals surface area contributed by atoms with Gasteiger partial charge in [0.1, 0.15) is 11.6 Å². The summed E-state index contributed by atoms with van der Waals surface area (Å²) in [6.07, 6.45) is 0.900. The van der Waals surface area contributed by atoms with Crippen molar-refractivity contribution in [3.63, 3.8) is 0 Å². The van der Waals surface area contributed by atoms with Crippen LogP contribution in [0.4, 0.5) is 8.78 Å². The Labute approximate surface area is 131 Å². The van der Waals surface area contributed by atoms with E-state index in [1.165, 1.54) is 18.2 Å². The van der Waals surface area contributed by atoms with E-state index >= 15 is 0 Å². The summed E-state index contributed by atoms with van der Waals surface area (Å²) in [6.45, 7) is 2.72. The van der Waals surface area contributed by atoms with Gasteiger partial charge in [-0.25, -0.2) is 8.78 Å². The van der Waals surface area contributed by atoms with Crippen molar-refractivity contribution < 1.29 is 8.78 Å². The van der Waals surface area contributed by atoms with Crippen LogP contribution in [-0.4, -0.2) is 6.54 Å². The van der Waals surface area contributed by atoms with Crippen molar-refractivity contribution in [1.82, 2.24) is 5.32 Å². The summed E-state index contributed by atoms with van der Waals surface area (Å²) in [5.41, 5.74) is 0.949. The molecule has 0 bridgehead atoms. The highest BCUT2D eigenvalue weighted by atomic mass is 127. The molecule has 0 aliphatic rings. The van der Waals surface area contributed by atoms with Crippen molar-refractivity contribution in [3.8, 4) is 0 Å². The van der Waals surface area contributed by atoms with Gasteiger partial charge in [-0.15, -0.1) is 0 Å². The Hall–Kier alpha value is -1.01. The van der Waals surface area contributed by atoms with Crippen molar-refractivity contribution in [2.75, 3.05) is 6.54 Å². The van der Waals surface area contributed by atoms with E-state index in [-0.39, 0.29) is 5.56 Å². The molecule has 0 saturated carbocycles. The lowest BCUT2D eigenvalue weighted by atomic mass is 9.97. The molecular formula is C16H16F2IN. The second-order valence-electron chi connectivity index (χ2n) is 4.57. The fourth-order valence-corrected chi connectivity index (χ4v) is 2.48. The van der Waals surface area contributed by atoms with E-state index in [4.69, 9.17) is 0 Å². The molecule has 1 nitrogen and oxygen atoms in total. The molecule has 2 aromatic rings. The largest absolute Gasteiger partial charge is 0.306 e. The Balaban J connectivity index is 2.44. The molecule has 0 radical (unpaired) electrons. The van der Waals surface area contributed by atoms with Crippen LogP contribution in [0.2, 0.25) is 0 Å². The predicted octanol–water partition coefficient (Wildman–Crippen LogP) is 4.66. The predicted molar refractivity (Wildman–Crippen MR) is 85.7 cm³/mol. The fourth-order valence-electron chi connectivity index (χ4n) is 2.12. The van der Waals surface area contributed by atoms with Crippen LogP contribution in [0.15, 0.2) is 42.5 Å². The van der Waals surface area contributed by atoms with Gasteiger partial charge in [0.05, 0.1) is 6.04 Å². The fraction of sp³-hybridized carbons (Fsp3) is 0.250. The molecule has 0 spiro atoms. The Morgan fingerprint density at radius 2 is 1.65 bits per heavy atom. The maximum atomic E-state index is 14.0. The maximum absolute atomic E-state index is 14.0. The summed E-state index contributed by atoms with van der Waals surface area (Å²) in [4.78, 5) is 0. The van der Waals surface area contributed by atoms with E-state index < -0.39 is 17.7 Å². The average molecular weight is 387 g/mol. The zero-order chi connectivity index (χ0) is 14.5. The molecule has 1 atom stereocenters. The van der Waals surface area contributed by atoms with Crippen LogP contribution < -0.4 is 5.32 Å². The molecule has 106 valence electrons. The molecule has 0 aromatic heterocycles. The van der Waals surface area contributed by atoms with Gasteiger partial charge in [-0.1, -0.05) is 25.1 Å². The van der Waals surface area contributed by atoms with Crippen LogP contribution in [0.5, 0.6) is 0 Å². The molecular weight excluding hydrogens is 371 g/mol. The third kappa shape index (κ3) is 3.55. The molecule has 2 aromatic carbocycles. The Bertz CT molecular complexity index is 549. The molecule has 0 heterocycles. The molecule has 4 heteroatoms. The first-order chi connectivity index (χ1) is 9.63. The monoisotopic (exact) mass is 387 g/mol. The van der Waals surface area contributed by atoms with Crippen LogP contribution in [-0.2, 0) is 0 Å². The van der Waals surface area contributed by atoms with Gasteiger partial charge >= 0.3 is 0 Å². The van der Waals surface area contributed by atoms with Gasteiger partial charge in [0.25, 0.3) is 0 Å². The summed E-state index contributed by atoms with van der Waals surface area (Å²) in [6, 6.07) is 11.2. The lowest BCUT2D eigenvalue weighted by molar-refractivity contribution is 0.503. The Morgan fingerprint density at radius 1 is 1.05 bits per heavy atom. The second kappa shape index (κ2) is 7.13. The normalized spacial score (nSPS) is 12.4. The minimum atomic E-state index is -0.517. The highest BCUT2D eigenvalue weighted by molar-refractivity contribution is 14.1. The Kier molecular flexibility index (Phi) is 5.48. The average Bonchev–Trinajstić information content (AvgIpc) is 2.43. The van der Waals surface area contributed by atoms with Crippen molar-refractivity contribution in [2.45, 2.75) is 19.4 Å². The first-order valence-electron chi connectivity index (χ1n) is 6.56. The third-order valence-electron chi connectivity index (χ3n) is 3.09. The summed E-state index contributed by atoms with van der Waals surface area (Å²) in [5.74, 6) is -1.03. The summed E-state index contributed by atoms with van der Waals surface area (Å²) >= 11 is 2.21. The van der Waals surface area contributed by atoms with Gasteiger partial charge in [0.15, 0.2) is 0 Å². The van der Waals surface area contributed by atoms with E-state index in [0.29, 0.717) is 6.54 Å². The number of rotatable bonds is 5. The number of benzene rings is 2. The number of nitrogens with one attached hydrogen (secondary N) is 1. The van der Waals surface area contributed by atoms with E-state index in [1.807, 2.05) is 31.2 Å². The smallest absolute Gasteiger partial charge is 0.131 e. The van der Waals surface area contributed by atoms with Crippen molar-refractivity contribution in [1.29, 1.82) is 0 Å². The van der Waals surface area contributed by atoms with Gasteiger partial charge < -0.3 is 5.32 Å². The van der Waals surface area contributed by atoms with Crippen LogP contribution >= 0.6 is 22.6 Å². The highest BCUT2D eigenvalue weighted by Crippen LogP contribution is 2.27. The topological polar surface area (TPSA) is 12.0 Å². The van der Waals surface area contributed by atoms with E-state index in [9.17, 15) is 8.78 Å². The SMILES string of the molecule is CCCNC(c1ccc(I)cc1)c1c(F)cccc1F. The first-order valence-corrected chi connectivity index (χ1v) is 7.64. The molecule has 0 amide bonds. The highest BCUT2D eigenvalue weighted by Gasteiger charge is 2.21. The summed E-state index contributed by atoms with van der Waals surface area (Å²) in [5, 5.41) is 3.22. The lowest BCUT2D eigenvalue weighted by Gasteiger charge is -2.21. The van der Waals surface area contributed by atoms with Crippen molar-refractivity contribution >= 4 is 22.6 Å². The molecule has 1 N–H and O–H groups in total. The zero-order valence-corrected chi connectivity index (χ0v) is 13.3. The van der Waals surface area contributed by atoms with Gasteiger partial charge in [-0.3, -0.25) is 0 Å². The van der Waals surface area contributed by atoms with Crippen LogP contribution in [0.25, 0.3) is 0 Å². The summed E-state index contributed by atoms with van der Waals surface area (Å²) in [7, 11) is 0. The van der Waals surface area contributed by atoms with E-state index in [0.717, 1.165) is 15.6 Å². The van der Waals surface area contributed by atoms with Gasteiger partial charge in [0, 0.05) is 9.13 Å². The maximum Gasteiger partial charge on any atom is 0.131 e. The van der Waals surface area contributed by atoms with E-state index in [1.54, 1.807) is 0 Å². The molecule has 20 heavy (non-hydrogen) atoms. The first kappa shape index (κ1) is 15.4. The molecule has 0 fully saturated rings. The standard InChI is InChI=1S/C16H16F2IN/c1-2-10-20-16(11-6-8-12(19)9-7-11)15-13(17)4-3-5-14(15)18/h3-9,16,20H,2,10H2,1H3. The number of hydrogen-bond donors (Lipinski definition) is 1. The summed E-state index contributed by atoms with van der Waals surface area (Å²) < 4.78 is 29.1. The molecule has 0 aliphatic carbocycles. The molecule has 2 rings (SSSR count). The second-order valence-corrected chi connectivity index (χ2v) is 5.82. The number of halogens is 3. The Morgan fingerprint density at radius 3 is 2.20 bits per heavy atom. The van der Waals surface area contributed by atoms with E-state index in [2.05, 4.69) is 27.9 Å². The van der Waals surface area contributed by atoms with Crippen molar-refractivity contribution in [2.24, 2.45) is 0 Å². The van der Waals surface area contributed by atoms with Crippen molar-refractivity contribution in [3.05, 3.63) is 68.8 Å². The van der Waals surface area contributed by atoms with Gasteiger partial charge in [0.2, 0.25) is 0 Å². The minimum absolute atomic E-state index is 0.0853. The molecule has 0 aliphatic heterocycles. The zero-order valence-electron chi connectivity index (χ0n) is 11.2. The molecule has 0 saturated heterocycles. The molecule has 1 unspecified atom stereocenters. The van der Waals surface area contributed by atoms with Gasteiger partial charge in [-0.2, -0.15) is 0 Å². The third-order valence-corrected chi connectivity index (χ3v) is 3.81. The van der Waals surface area contributed by atoms with Crippen LogP contribution in [0.3, 0.4) is 0 Å². The van der Waals surface area contributed by atoms with Crippen LogP contribution in [0, 0.1) is 15.2 Å². The minimum Gasteiger partial charge on any atom is -0.306 e. The number of hydrogen-bond acceptors (Lipinski definition) is 1.